The van der Waals surface area contributed by atoms with Crippen molar-refractivity contribution < 1.29 is 13.6 Å². The van der Waals surface area contributed by atoms with E-state index in [0.717, 1.165) is 6.07 Å². The van der Waals surface area contributed by atoms with Gasteiger partial charge in [0.2, 0.25) is 6.08 Å². The summed E-state index contributed by atoms with van der Waals surface area (Å²) < 4.78 is 26.0. The fourth-order valence-electron chi connectivity index (χ4n) is 1.56. The Bertz CT molecular complexity index is 487. The second-order valence-corrected chi connectivity index (χ2v) is 3.25. The summed E-state index contributed by atoms with van der Waals surface area (Å²) in [6, 6.07) is 3.37. The van der Waals surface area contributed by atoms with Crippen LogP contribution in [0.4, 0.5) is 8.78 Å². The number of carbonyl (C=O) groups excluding carboxylic acids is 1. The maximum atomic E-state index is 13.3. The Kier molecular flexibility index (Phi) is 2.44. The van der Waals surface area contributed by atoms with Crippen LogP contribution in [0.3, 0.4) is 0 Å². The molecule has 0 saturated carbocycles. The number of halogens is 2. The monoisotopic (exact) mass is 207 g/mol. The van der Waals surface area contributed by atoms with Crippen LogP contribution in [0.1, 0.15) is 18.4 Å². The number of hydrogen-bond donors (Lipinski definition) is 0. The van der Waals surface area contributed by atoms with Crippen molar-refractivity contribution in [3.63, 3.8) is 0 Å². The van der Waals surface area contributed by atoms with Gasteiger partial charge in [-0.05, 0) is 30.5 Å². The molecule has 1 aromatic rings. The van der Waals surface area contributed by atoms with Gasteiger partial charge < -0.3 is 0 Å². The first kappa shape index (κ1) is 9.74. The highest BCUT2D eigenvalue weighted by atomic mass is 19.1. The minimum atomic E-state index is -0.622. The van der Waals surface area contributed by atoms with E-state index in [-0.39, 0.29) is 0 Å². The lowest BCUT2D eigenvalue weighted by molar-refractivity contribution is 0.563. The lowest BCUT2D eigenvalue weighted by Gasteiger charge is -2.19. The first-order valence-corrected chi connectivity index (χ1v) is 4.47. The first-order valence-electron chi connectivity index (χ1n) is 4.47. The molecule has 2 nitrogen and oxygen atoms in total. The molecule has 0 spiro atoms. The van der Waals surface area contributed by atoms with E-state index in [1.54, 1.807) is 0 Å². The van der Waals surface area contributed by atoms with E-state index >= 15 is 0 Å². The molecule has 0 saturated heterocycles. The highest BCUT2D eigenvalue weighted by Gasteiger charge is 2.21. The molecule has 0 heterocycles. The van der Waals surface area contributed by atoms with Crippen molar-refractivity contribution in [2.75, 3.05) is 0 Å². The van der Waals surface area contributed by atoms with Crippen molar-refractivity contribution in [1.29, 1.82) is 0 Å². The molecule has 2 rings (SSSR count). The molecular formula is C11H7F2NO. The van der Waals surface area contributed by atoms with Gasteiger partial charge in [0.05, 0.1) is 5.70 Å². The van der Waals surface area contributed by atoms with E-state index < -0.39 is 11.6 Å². The minimum Gasteiger partial charge on any atom is -0.211 e. The Morgan fingerprint density at radius 3 is 2.60 bits per heavy atom. The lowest BCUT2D eigenvalue weighted by atomic mass is 9.88. The molecule has 0 aromatic heterocycles. The summed E-state index contributed by atoms with van der Waals surface area (Å²) in [5, 5.41) is 0. The molecular weight excluding hydrogens is 200 g/mol. The van der Waals surface area contributed by atoms with E-state index in [1.165, 1.54) is 18.2 Å². The molecule has 0 fully saturated rings. The normalized spacial score (nSPS) is 14.5. The maximum absolute atomic E-state index is 13.3. The average Bonchev–Trinajstić information content (AvgIpc) is 2.17. The van der Waals surface area contributed by atoms with Gasteiger partial charge in [0.25, 0.3) is 0 Å². The van der Waals surface area contributed by atoms with Crippen molar-refractivity contribution in [3.05, 3.63) is 41.1 Å². The molecule has 0 amide bonds. The van der Waals surface area contributed by atoms with Gasteiger partial charge in [-0.3, -0.25) is 0 Å². The predicted molar refractivity (Wildman–Crippen MR) is 50.6 cm³/mol. The van der Waals surface area contributed by atoms with Gasteiger partial charge in [-0.2, -0.15) is 4.99 Å². The molecule has 0 unspecified atom stereocenters. The van der Waals surface area contributed by atoms with Crippen molar-refractivity contribution in [1.82, 2.24) is 0 Å². The van der Waals surface area contributed by atoms with Crippen LogP contribution in [0.15, 0.2) is 28.9 Å². The van der Waals surface area contributed by atoms with E-state index in [1.807, 2.05) is 0 Å². The third-order valence-corrected chi connectivity index (χ3v) is 2.40. The Morgan fingerprint density at radius 2 is 2.07 bits per heavy atom. The number of nitrogens with zero attached hydrogens (tertiary/aromatic N) is 1. The van der Waals surface area contributed by atoms with Crippen LogP contribution < -0.4 is 0 Å². The third kappa shape index (κ3) is 1.72. The van der Waals surface area contributed by atoms with Gasteiger partial charge in [-0.15, -0.1) is 0 Å². The number of benzene rings is 1. The van der Waals surface area contributed by atoms with Gasteiger partial charge in [0.1, 0.15) is 11.6 Å². The van der Waals surface area contributed by atoms with Crippen LogP contribution in [0.2, 0.25) is 0 Å². The largest absolute Gasteiger partial charge is 0.240 e. The van der Waals surface area contributed by atoms with Crippen LogP contribution in [-0.4, -0.2) is 6.08 Å². The van der Waals surface area contributed by atoms with Crippen molar-refractivity contribution in [2.24, 2.45) is 4.99 Å². The molecule has 0 aliphatic heterocycles. The van der Waals surface area contributed by atoms with Crippen LogP contribution in [-0.2, 0) is 4.79 Å². The summed E-state index contributed by atoms with van der Waals surface area (Å²) in [5.41, 5.74) is 1.52. The lowest BCUT2D eigenvalue weighted by Crippen LogP contribution is -2.03. The molecule has 1 aliphatic rings. The van der Waals surface area contributed by atoms with Crippen molar-refractivity contribution in [3.8, 4) is 0 Å². The van der Waals surface area contributed by atoms with E-state index in [0.29, 0.717) is 29.7 Å². The zero-order chi connectivity index (χ0) is 10.8. The van der Waals surface area contributed by atoms with Crippen LogP contribution in [0.25, 0.3) is 5.57 Å². The number of isocyanates is 1. The van der Waals surface area contributed by atoms with Crippen LogP contribution in [0.5, 0.6) is 0 Å². The Hall–Kier alpha value is -1.80. The molecule has 1 aliphatic carbocycles. The quantitative estimate of drug-likeness (QED) is 0.541. The third-order valence-electron chi connectivity index (χ3n) is 2.40. The number of allylic oxidation sites excluding steroid dienone is 2. The number of hydrogen-bond acceptors (Lipinski definition) is 2. The molecule has 15 heavy (non-hydrogen) atoms. The van der Waals surface area contributed by atoms with Crippen molar-refractivity contribution >= 4 is 11.7 Å². The fraction of sp³-hybridized carbons (Fsp3) is 0.182. The highest BCUT2D eigenvalue weighted by Crippen LogP contribution is 2.37. The van der Waals surface area contributed by atoms with Crippen molar-refractivity contribution in [2.45, 2.75) is 12.8 Å². The van der Waals surface area contributed by atoms with Gasteiger partial charge in [-0.1, -0.05) is 0 Å². The highest BCUT2D eigenvalue weighted by molar-refractivity contribution is 5.74. The Labute approximate surface area is 84.9 Å². The maximum Gasteiger partial charge on any atom is 0.240 e. The van der Waals surface area contributed by atoms with Gasteiger partial charge >= 0.3 is 0 Å². The number of rotatable bonds is 2. The summed E-state index contributed by atoms with van der Waals surface area (Å²) in [6.45, 7) is 0. The minimum absolute atomic E-state index is 0.316. The first-order chi connectivity index (χ1) is 7.22. The second kappa shape index (κ2) is 3.75. The van der Waals surface area contributed by atoms with E-state index in [2.05, 4.69) is 4.99 Å². The molecule has 4 heteroatoms. The summed E-state index contributed by atoms with van der Waals surface area (Å²) in [7, 11) is 0. The topological polar surface area (TPSA) is 29.4 Å². The van der Waals surface area contributed by atoms with Gasteiger partial charge in [0.15, 0.2) is 0 Å². The standard InChI is InChI=1S/C11H7F2NO/c12-7-1-2-8(10(13)5-7)9-3-4-11(9)14-6-15/h1-2,5H,3-4H2. The number of aliphatic imine (C=N–C) groups is 1. The predicted octanol–water partition coefficient (Wildman–Crippen LogP) is 2.81. The zero-order valence-electron chi connectivity index (χ0n) is 7.76. The summed E-state index contributed by atoms with van der Waals surface area (Å²) >= 11 is 0. The molecule has 0 bridgehead atoms. The molecule has 0 N–H and O–H groups in total. The summed E-state index contributed by atoms with van der Waals surface area (Å²) in [4.78, 5) is 13.5. The smallest absolute Gasteiger partial charge is 0.211 e. The fourth-order valence-corrected chi connectivity index (χ4v) is 1.56. The van der Waals surface area contributed by atoms with Gasteiger partial charge in [0, 0.05) is 11.6 Å². The van der Waals surface area contributed by atoms with Crippen LogP contribution in [0, 0.1) is 11.6 Å². The van der Waals surface area contributed by atoms with E-state index in [4.69, 9.17) is 0 Å². The Balaban J connectivity index is 2.47. The molecule has 76 valence electrons. The molecule has 1 aromatic carbocycles. The SMILES string of the molecule is O=C=NC1=C(c2ccc(F)cc2F)CC1. The van der Waals surface area contributed by atoms with Crippen LogP contribution >= 0.6 is 0 Å². The molecule has 0 radical (unpaired) electrons. The van der Waals surface area contributed by atoms with E-state index in [9.17, 15) is 13.6 Å². The summed E-state index contributed by atoms with van der Waals surface area (Å²) in [6.07, 6.45) is 2.72. The second-order valence-electron chi connectivity index (χ2n) is 3.25. The van der Waals surface area contributed by atoms with Gasteiger partial charge in [-0.25, -0.2) is 13.6 Å². The Morgan fingerprint density at radius 1 is 1.27 bits per heavy atom. The average molecular weight is 207 g/mol. The zero-order valence-corrected chi connectivity index (χ0v) is 7.76. The summed E-state index contributed by atoms with van der Waals surface area (Å²) in [5.74, 6) is -1.24. The molecule has 0 atom stereocenters.